The van der Waals surface area contributed by atoms with Crippen molar-refractivity contribution in [1.82, 2.24) is 0 Å². The number of sulfonamides is 1. The number of rotatable bonds is 5. The van der Waals surface area contributed by atoms with E-state index in [1.165, 1.54) is 12.0 Å². The summed E-state index contributed by atoms with van der Waals surface area (Å²) in [7, 11) is -3.59. The molecule has 122 valence electrons. The normalized spacial score (nSPS) is 14.3. The van der Waals surface area contributed by atoms with Crippen molar-refractivity contribution in [2.24, 2.45) is 0 Å². The van der Waals surface area contributed by atoms with Crippen LogP contribution in [-0.2, 0) is 29.3 Å². The van der Waals surface area contributed by atoms with Gasteiger partial charge in [0.25, 0.3) is 10.0 Å². The Balaban J connectivity index is 1.85. The Morgan fingerprint density at radius 2 is 1.78 bits per heavy atom. The van der Waals surface area contributed by atoms with Crippen LogP contribution in [0.5, 0.6) is 0 Å². The molecule has 4 nitrogen and oxygen atoms in total. The first-order valence-corrected chi connectivity index (χ1v) is 9.41. The lowest BCUT2D eigenvalue weighted by molar-refractivity contribution is 0.299. The second kappa shape index (κ2) is 6.72. The number of aliphatic hydroxyl groups excluding tert-OH is 1. The number of aryl methyl sites for hydroxylation is 2. The number of nitrogens with one attached hydrogen (secondary N) is 1. The molecule has 2 aromatic carbocycles. The van der Waals surface area contributed by atoms with Crippen molar-refractivity contribution in [3.8, 4) is 0 Å². The van der Waals surface area contributed by atoms with Crippen LogP contribution in [0.25, 0.3) is 0 Å². The van der Waals surface area contributed by atoms with Gasteiger partial charge in [-0.3, -0.25) is 4.72 Å². The monoisotopic (exact) mass is 331 g/mol. The molecule has 2 aromatic rings. The molecule has 2 N–H and O–H groups in total. The summed E-state index contributed by atoms with van der Waals surface area (Å²) in [5.74, 6) is 0. The van der Waals surface area contributed by atoms with Gasteiger partial charge in [-0.25, -0.2) is 8.42 Å². The number of fused-ring (bicyclic) bond motifs is 1. The summed E-state index contributed by atoms with van der Waals surface area (Å²) in [6, 6.07) is 12.6. The zero-order chi connectivity index (χ0) is 16.3. The molecular weight excluding hydrogens is 310 g/mol. The fourth-order valence-electron chi connectivity index (χ4n) is 3.01. The van der Waals surface area contributed by atoms with Crippen LogP contribution in [0.2, 0.25) is 0 Å². The SMILES string of the molecule is O=S(=O)(Nc1cccc(CCO)c1)c1ccc2c(c1)CCCC2. The van der Waals surface area contributed by atoms with Crippen molar-refractivity contribution in [2.45, 2.75) is 37.0 Å². The van der Waals surface area contributed by atoms with Gasteiger partial charge >= 0.3 is 0 Å². The molecule has 0 aromatic heterocycles. The second-order valence-electron chi connectivity index (χ2n) is 5.92. The van der Waals surface area contributed by atoms with Gasteiger partial charge in [0.2, 0.25) is 0 Å². The summed E-state index contributed by atoms with van der Waals surface area (Å²) in [6.45, 7) is 0.0427. The van der Waals surface area contributed by atoms with E-state index < -0.39 is 10.0 Å². The van der Waals surface area contributed by atoms with Crippen molar-refractivity contribution in [1.29, 1.82) is 0 Å². The highest BCUT2D eigenvalue weighted by Gasteiger charge is 2.18. The van der Waals surface area contributed by atoms with Crippen molar-refractivity contribution in [3.05, 3.63) is 59.2 Å². The quantitative estimate of drug-likeness (QED) is 0.885. The van der Waals surface area contributed by atoms with Crippen LogP contribution in [-0.4, -0.2) is 20.1 Å². The smallest absolute Gasteiger partial charge is 0.261 e. The van der Waals surface area contributed by atoms with Gasteiger partial charge in [-0.2, -0.15) is 0 Å². The van der Waals surface area contributed by atoms with Crippen LogP contribution in [0.4, 0.5) is 5.69 Å². The van der Waals surface area contributed by atoms with Crippen LogP contribution >= 0.6 is 0 Å². The Morgan fingerprint density at radius 1 is 1.00 bits per heavy atom. The molecule has 0 fully saturated rings. The van der Waals surface area contributed by atoms with E-state index >= 15 is 0 Å². The van der Waals surface area contributed by atoms with E-state index in [-0.39, 0.29) is 6.61 Å². The van der Waals surface area contributed by atoms with Crippen molar-refractivity contribution >= 4 is 15.7 Å². The number of aliphatic hydroxyl groups is 1. The van der Waals surface area contributed by atoms with Crippen molar-refractivity contribution in [3.63, 3.8) is 0 Å². The van der Waals surface area contributed by atoms with E-state index in [4.69, 9.17) is 5.11 Å². The summed E-state index contributed by atoms with van der Waals surface area (Å²) in [5, 5.41) is 9.00. The standard InChI is InChI=1S/C18H21NO3S/c20-11-10-14-4-3-7-17(12-14)19-23(21,22)18-9-8-15-5-1-2-6-16(15)13-18/h3-4,7-9,12-13,19-20H,1-2,5-6,10-11H2. The Morgan fingerprint density at radius 3 is 2.57 bits per heavy atom. The molecule has 23 heavy (non-hydrogen) atoms. The van der Waals surface area contributed by atoms with Crippen LogP contribution in [0.15, 0.2) is 47.4 Å². The van der Waals surface area contributed by atoms with E-state index in [2.05, 4.69) is 4.72 Å². The highest BCUT2D eigenvalue weighted by molar-refractivity contribution is 7.92. The van der Waals surface area contributed by atoms with Gasteiger partial charge in [-0.1, -0.05) is 18.2 Å². The van der Waals surface area contributed by atoms with Gasteiger partial charge < -0.3 is 5.11 Å². The molecule has 5 heteroatoms. The number of benzene rings is 2. The lowest BCUT2D eigenvalue weighted by Gasteiger charge is -2.17. The summed E-state index contributed by atoms with van der Waals surface area (Å²) < 4.78 is 27.8. The molecule has 0 saturated heterocycles. The van der Waals surface area contributed by atoms with E-state index in [9.17, 15) is 8.42 Å². The van der Waals surface area contributed by atoms with Crippen molar-refractivity contribution in [2.75, 3.05) is 11.3 Å². The largest absolute Gasteiger partial charge is 0.396 e. The third kappa shape index (κ3) is 3.74. The third-order valence-corrected chi connectivity index (χ3v) is 5.59. The lowest BCUT2D eigenvalue weighted by Crippen LogP contribution is -2.14. The molecule has 0 radical (unpaired) electrons. The molecule has 0 spiro atoms. The first-order valence-electron chi connectivity index (χ1n) is 7.93. The molecular formula is C18H21NO3S. The molecule has 0 unspecified atom stereocenters. The predicted octanol–water partition coefficient (Wildman–Crippen LogP) is 2.90. The highest BCUT2D eigenvalue weighted by Crippen LogP contribution is 2.25. The molecule has 3 rings (SSSR count). The molecule has 0 atom stereocenters. The van der Waals surface area contributed by atoms with E-state index in [1.54, 1.807) is 30.3 Å². The maximum Gasteiger partial charge on any atom is 0.261 e. The van der Waals surface area contributed by atoms with Gasteiger partial charge in [0, 0.05) is 12.3 Å². The zero-order valence-electron chi connectivity index (χ0n) is 13.0. The van der Waals surface area contributed by atoms with Crippen LogP contribution < -0.4 is 4.72 Å². The van der Waals surface area contributed by atoms with Crippen molar-refractivity contribution < 1.29 is 13.5 Å². The maximum atomic E-state index is 12.6. The van der Waals surface area contributed by atoms with E-state index in [0.717, 1.165) is 30.4 Å². The average molecular weight is 331 g/mol. The predicted molar refractivity (Wildman–Crippen MR) is 91.1 cm³/mol. The van der Waals surface area contributed by atoms with Crippen LogP contribution in [0.3, 0.4) is 0 Å². The minimum absolute atomic E-state index is 0.0427. The van der Waals surface area contributed by atoms with Gasteiger partial charge in [0.05, 0.1) is 4.90 Å². The highest BCUT2D eigenvalue weighted by atomic mass is 32.2. The number of anilines is 1. The van der Waals surface area contributed by atoms with Crippen LogP contribution in [0.1, 0.15) is 29.5 Å². The van der Waals surface area contributed by atoms with E-state index in [1.807, 2.05) is 12.1 Å². The van der Waals surface area contributed by atoms with Gasteiger partial charge in [-0.15, -0.1) is 0 Å². The first-order chi connectivity index (χ1) is 11.1. The molecule has 1 aliphatic carbocycles. The second-order valence-corrected chi connectivity index (χ2v) is 7.60. The summed E-state index contributed by atoms with van der Waals surface area (Å²) in [4.78, 5) is 0.311. The molecule has 0 aliphatic heterocycles. The molecule has 0 bridgehead atoms. The Hall–Kier alpha value is -1.85. The first kappa shape index (κ1) is 16.0. The Labute approximate surface area is 137 Å². The summed E-state index contributed by atoms with van der Waals surface area (Å²) >= 11 is 0. The number of hydrogen-bond acceptors (Lipinski definition) is 3. The zero-order valence-corrected chi connectivity index (χ0v) is 13.8. The Kier molecular flexibility index (Phi) is 4.68. The molecule has 0 heterocycles. The molecule has 1 aliphatic rings. The van der Waals surface area contributed by atoms with Gasteiger partial charge in [-0.05, 0) is 73.1 Å². The molecule has 0 amide bonds. The topological polar surface area (TPSA) is 66.4 Å². The fraction of sp³-hybridized carbons (Fsp3) is 0.333. The lowest BCUT2D eigenvalue weighted by atomic mass is 9.92. The van der Waals surface area contributed by atoms with Crippen LogP contribution in [0, 0.1) is 0 Å². The fourth-order valence-corrected chi connectivity index (χ4v) is 4.11. The summed E-state index contributed by atoms with van der Waals surface area (Å²) in [6.07, 6.45) is 4.79. The average Bonchev–Trinajstić information content (AvgIpc) is 2.54. The Bertz CT molecular complexity index is 800. The minimum Gasteiger partial charge on any atom is -0.396 e. The minimum atomic E-state index is -3.59. The number of hydrogen-bond donors (Lipinski definition) is 2. The summed E-state index contributed by atoms with van der Waals surface area (Å²) in [5.41, 5.74) is 3.83. The van der Waals surface area contributed by atoms with Gasteiger partial charge in [0.15, 0.2) is 0 Å². The van der Waals surface area contributed by atoms with E-state index in [0.29, 0.717) is 17.0 Å². The molecule has 0 saturated carbocycles. The third-order valence-electron chi connectivity index (χ3n) is 4.21. The maximum absolute atomic E-state index is 12.6. The van der Waals surface area contributed by atoms with Gasteiger partial charge in [0.1, 0.15) is 0 Å².